The van der Waals surface area contributed by atoms with E-state index >= 15 is 0 Å². The van der Waals surface area contributed by atoms with E-state index in [1.165, 1.54) is 7.11 Å². The summed E-state index contributed by atoms with van der Waals surface area (Å²) in [4.78, 5) is 0. The number of hydrogen-bond acceptors (Lipinski definition) is 5. The molecule has 0 bridgehead atoms. The van der Waals surface area contributed by atoms with Crippen molar-refractivity contribution in [3.05, 3.63) is 60.7 Å². The summed E-state index contributed by atoms with van der Waals surface area (Å²) in [6, 6.07) is 20.5. The van der Waals surface area contributed by atoms with Gasteiger partial charge in [0.2, 0.25) is 0 Å². The van der Waals surface area contributed by atoms with Crippen LogP contribution in [0.4, 0.5) is 0 Å². The van der Waals surface area contributed by atoms with Gasteiger partial charge in [-0.05, 0) is 15.4 Å². The van der Waals surface area contributed by atoms with Crippen molar-refractivity contribution < 1.29 is 21.8 Å². The van der Waals surface area contributed by atoms with Crippen molar-refractivity contribution in [3.8, 4) is 0 Å². The van der Waals surface area contributed by atoms with Crippen molar-refractivity contribution >= 4 is 29.0 Å². The molecule has 0 saturated carbocycles. The summed E-state index contributed by atoms with van der Waals surface area (Å²) in [6.45, 7) is 8.59. The summed E-state index contributed by atoms with van der Waals surface area (Å²) in [5.41, 5.74) is 0. The Hall–Kier alpha value is -1.55. The highest BCUT2D eigenvalue weighted by Gasteiger charge is 2.51. The van der Waals surface area contributed by atoms with E-state index in [1.54, 1.807) is 0 Å². The fraction of sp³-hybridized carbons (Fsp3) is 0.455. The number of hydrogen-bond donors (Lipinski definition) is 1. The van der Waals surface area contributed by atoms with Gasteiger partial charge in [-0.25, -0.2) is 0 Å². The number of benzene rings is 2. The number of rotatable bonds is 6. The molecule has 1 aliphatic rings. The molecule has 0 aliphatic carbocycles. The van der Waals surface area contributed by atoms with Gasteiger partial charge in [-0.3, -0.25) is 4.18 Å². The molecule has 3 atom stereocenters. The average molecular weight is 450 g/mol. The fourth-order valence-electron chi connectivity index (χ4n) is 4.13. The van der Waals surface area contributed by atoms with E-state index < -0.39 is 31.0 Å². The molecule has 0 spiro atoms. The predicted molar refractivity (Wildman–Crippen MR) is 120 cm³/mol. The lowest BCUT2D eigenvalue weighted by Gasteiger charge is -2.44. The van der Waals surface area contributed by atoms with E-state index in [9.17, 15) is 8.42 Å². The van der Waals surface area contributed by atoms with Crippen LogP contribution < -0.4 is 15.1 Å². The monoisotopic (exact) mass is 449 g/mol. The lowest BCUT2D eigenvalue weighted by Crippen LogP contribution is -2.67. The van der Waals surface area contributed by atoms with Gasteiger partial charge >= 0.3 is 10.3 Å². The Labute approximate surface area is 180 Å². The molecule has 2 aromatic rings. The van der Waals surface area contributed by atoms with Crippen molar-refractivity contribution in [2.75, 3.05) is 13.7 Å². The summed E-state index contributed by atoms with van der Waals surface area (Å²) in [5, 5.41) is 2.07. The lowest BCUT2D eigenvalue weighted by atomic mass is 10.0. The van der Waals surface area contributed by atoms with Crippen LogP contribution in [0.25, 0.3) is 0 Å². The zero-order chi connectivity index (χ0) is 22.0. The average Bonchev–Trinajstić information content (AvgIpc) is 2.71. The molecule has 1 heterocycles. The van der Waals surface area contributed by atoms with E-state index in [0.717, 1.165) is 10.4 Å². The van der Waals surface area contributed by atoms with Gasteiger partial charge in [0.1, 0.15) is 12.3 Å². The van der Waals surface area contributed by atoms with Crippen molar-refractivity contribution in [2.45, 2.75) is 45.1 Å². The largest absolute Gasteiger partial charge is 0.405 e. The summed E-state index contributed by atoms with van der Waals surface area (Å²) in [5.74, 6) is -0.211. The highest BCUT2D eigenvalue weighted by atomic mass is 32.2. The standard InChI is InChI=1S/C22H31NO5SSi/c1-17-20(28-29(24,25)23-21(17)26-5)16-27-30(22(2,3)4,18-12-8-6-9-13-18)19-14-10-7-11-15-19/h6-15,17,20-21,23H,16H2,1-5H3/t17-,20-,21?/m0/s1. The second kappa shape index (κ2) is 8.90. The van der Waals surface area contributed by atoms with Crippen molar-refractivity contribution in [3.63, 3.8) is 0 Å². The first-order valence-electron chi connectivity index (χ1n) is 10.1. The second-order valence-corrected chi connectivity index (χ2v) is 14.3. The predicted octanol–water partition coefficient (Wildman–Crippen LogP) is 2.40. The molecule has 1 fully saturated rings. The molecular weight excluding hydrogens is 418 g/mol. The van der Waals surface area contributed by atoms with Gasteiger partial charge in [-0.2, -0.15) is 13.1 Å². The maximum Gasteiger partial charge on any atom is 0.338 e. The van der Waals surface area contributed by atoms with E-state index in [1.807, 2.05) is 43.3 Å². The van der Waals surface area contributed by atoms with Gasteiger partial charge in [-0.15, -0.1) is 0 Å². The molecule has 2 aromatic carbocycles. The van der Waals surface area contributed by atoms with Crippen molar-refractivity contribution in [1.82, 2.24) is 4.72 Å². The minimum Gasteiger partial charge on any atom is -0.405 e. The molecule has 0 radical (unpaired) electrons. The van der Waals surface area contributed by atoms with Gasteiger partial charge < -0.3 is 9.16 Å². The van der Waals surface area contributed by atoms with Gasteiger partial charge in [0.25, 0.3) is 8.32 Å². The molecule has 0 amide bonds. The van der Waals surface area contributed by atoms with Gasteiger partial charge in [0, 0.05) is 13.0 Å². The Morgan fingerprint density at radius 2 is 1.50 bits per heavy atom. The number of ether oxygens (including phenoxy) is 1. The third-order valence-corrected chi connectivity index (χ3v) is 11.7. The van der Waals surface area contributed by atoms with Crippen LogP contribution in [-0.4, -0.2) is 42.8 Å². The quantitative estimate of drug-likeness (QED) is 0.686. The molecule has 3 rings (SSSR count). The first-order valence-corrected chi connectivity index (χ1v) is 13.4. The van der Waals surface area contributed by atoms with Crippen LogP contribution in [0.15, 0.2) is 60.7 Å². The SMILES string of the molecule is COC1NS(=O)(=O)O[C@@H](CO[Si](c2ccccc2)(c2ccccc2)C(C)(C)C)[C@@H]1C. The van der Waals surface area contributed by atoms with Gasteiger partial charge in [0.05, 0.1) is 6.61 Å². The summed E-state index contributed by atoms with van der Waals surface area (Å²) < 4.78 is 44.3. The van der Waals surface area contributed by atoms with E-state index in [-0.39, 0.29) is 17.6 Å². The molecule has 1 unspecified atom stereocenters. The van der Waals surface area contributed by atoms with Gasteiger partial charge in [-0.1, -0.05) is 88.4 Å². The third kappa shape index (κ3) is 4.54. The number of methoxy groups -OCH3 is 1. The Morgan fingerprint density at radius 3 is 1.93 bits per heavy atom. The third-order valence-electron chi connectivity index (χ3n) is 5.71. The van der Waals surface area contributed by atoms with Crippen LogP contribution in [0.1, 0.15) is 27.7 Å². The van der Waals surface area contributed by atoms with Crippen molar-refractivity contribution in [1.29, 1.82) is 0 Å². The number of nitrogens with one attached hydrogen (secondary N) is 1. The first kappa shape index (κ1) is 23.1. The molecule has 0 aromatic heterocycles. The summed E-state index contributed by atoms with van der Waals surface area (Å²) >= 11 is 0. The molecule has 30 heavy (non-hydrogen) atoms. The van der Waals surface area contributed by atoms with E-state index in [4.69, 9.17) is 13.3 Å². The molecule has 6 nitrogen and oxygen atoms in total. The highest BCUT2D eigenvalue weighted by Crippen LogP contribution is 2.37. The molecule has 1 saturated heterocycles. The van der Waals surface area contributed by atoms with Crippen LogP contribution in [0, 0.1) is 5.92 Å². The van der Waals surface area contributed by atoms with E-state index in [2.05, 4.69) is 49.8 Å². The van der Waals surface area contributed by atoms with Crippen LogP contribution in [-0.2, 0) is 23.7 Å². The van der Waals surface area contributed by atoms with Crippen LogP contribution in [0.5, 0.6) is 0 Å². The zero-order valence-corrected chi connectivity index (χ0v) is 20.0. The maximum absolute atomic E-state index is 12.2. The lowest BCUT2D eigenvalue weighted by molar-refractivity contribution is -0.0386. The molecule has 8 heteroatoms. The minimum atomic E-state index is -3.90. The second-order valence-electron chi connectivity index (χ2n) is 8.70. The Morgan fingerprint density at radius 1 is 1.00 bits per heavy atom. The topological polar surface area (TPSA) is 73.9 Å². The van der Waals surface area contributed by atoms with Crippen LogP contribution >= 0.6 is 0 Å². The highest BCUT2D eigenvalue weighted by molar-refractivity contribution is 7.84. The Kier molecular flexibility index (Phi) is 6.86. The van der Waals surface area contributed by atoms with Gasteiger partial charge in [0.15, 0.2) is 0 Å². The zero-order valence-electron chi connectivity index (χ0n) is 18.2. The minimum absolute atomic E-state index is 0.148. The molecular formula is C22H31NO5SSi. The first-order chi connectivity index (χ1) is 14.1. The molecule has 1 N–H and O–H groups in total. The summed E-state index contributed by atoms with van der Waals surface area (Å²) in [7, 11) is -5.19. The smallest absolute Gasteiger partial charge is 0.338 e. The molecule has 1 aliphatic heterocycles. The van der Waals surface area contributed by atoms with E-state index in [0.29, 0.717) is 0 Å². The normalized spacial score (nSPS) is 24.5. The Bertz CT molecular complexity index is 892. The van der Waals surface area contributed by atoms with Crippen LogP contribution in [0.3, 0.4) is 0 Å². The fourth-order valence-corrected chi connectivity index (χ4v) is 9.91. The van der Waals surface area contributed by atoms with Crippen molar-refractivity contribution in [2.24, 2.45) is 5.92 Å². The molecule has 164 valence electrons. The maximum atomic E-state index is 12.2. The Balaban J connectivity index is 2.04. The van der Waals surface area contributed by atoms with Crippen LogP contribution in [0.2, 0.25) is 5.04 Å². The summed E-state index contributed by atoms with van der Waals surface area (Å²) in [6.07, 6.45) is -1.31.